The van der Waals surface area contributed by atoms with Gasteiger partial charge in [-0.25, -0.2) is 0 Å². The van der Waals surface area contributed by atoms with E-state index in [-0.39, 0.29) is 65.4 Å². The molecule has 0 aliphatic carbocycles. The van der Waals surface area contributed by atoms with Crippen molar-refractivity contribution in [3.8, 4) is 0 Å². The zero-order valence-electron chi connectivity index (χ0n) is 15.5. The van der Waals surface area contributed by atoms with E-state index in [9.17, 15) is 0 Å². The molecule has 0 atom stereocenters. The molecule has 2 aromatic rings. The van der Waals surface area contributed by atoms with Crippen LogP contribution in [0.4, 0.5) is 0 Å². The summed E-state index contributed by atoms with van der Waals surface area (Å²) in [6, 6.07) is 16.7. The number of carboxylic acids is 2. The van der Waals surface area contributed by atoms with E-state index >= 15 is 0 Å². The summed E-state index contributed by atoms with van der Waals surface area (Å²) in [5, 5.41) is 17.5. The van der Waals surface area contributed by atoms with Crippen molar-refractivity contribution in [2.24, 2.45) is 0 Å². The quantitative estimate of drug-likeness (QED) is 0.546. The molecule has 0 saturated heterocycles. The molecule has 4 nitrogen and oxygen atoms in total. The number of hydrogen-bond donors (Lipinski definition) is 2. The third-order valence-electron chi connectivity index (χ3n) is 1.66. The number of carboxylic acid groups (broad SMARTS) is 2. The van der Waals surface area contributed by atoms with Crippen LogP contribution in [0.25, 0.3) is 10.8 Å². The van der Waals surface area contributed by atoms with Crippen LogP contribution in [0.3, 0.4) is 0 Å². The first-order chi connectivity index (χ1) is 10.4. The first-order valence-electron chi connectivity index (χ1n) is 7.26. The normalized spacial score (nSPS) is 6.75. The monoisotopic (exact) mass is 486 g/mol. The van der Waals surface area contributed by atoms with Crippen LogP contribution in [0, 0.1) is 0 Å². The average molecular weight is 486 g/mol. The Kier molecular flexibility index (Phi) is 40.4. The average Bonchev–Trinajstić information content (AvgIpc) is 2.50. The Morgan fingerprint density at radius 1 is 0.625 bits per heavy atom. The largest absolute Gasteiger partial charge is 0.481 e. The number of carbonyl (C=O) groups is 2. The molecule has 0 aliphatic rings. The summed E-state index contributed by atoms with van der Waals surface area (Å²) in [5.41, 5.74) is 0. The Hall–Kier alpha value is -0.152. The van der Waals surface area contributed by atoms with Crippen molar-refractivity contribution in [2.45, 2.75) is 41.5 Å². The zero-order valence-corrected chi connectivity index (χ0v) is 21.2. The molecule has 0 heterocycles. The standard InChI is InChI=1S/C10H8.2C2H4O2.2C2H6.2Y/c1-2-6-10-8-4-3-7-9(10)5-1;2*1-2(3)4;2*1-2;;/h1-8H;2*1H3,(H,3,4);2*1-2H3;;. The Bertz CT molecular complexity index is 432. The van der Waals surface area contributed by atoms with Gasteiger partial charge in [0.25, 0.3) is 11.9 Å². The van der Waals surface area contributed by atoms with E-state index in [1.54, 1.807) is 0 Å². The van der Waals surface area contributed by atoms with Gasteiger partial charge in [-0.3, -0.25) is 9.59 Å². The predicted octanol–water partition coefficient (Wildman–Crippen LogP) is 5.07. The fraction of sp³-hybridized carbons (Fsp3) is 0.333. The molecule has 2 aromatic carbocycles. The van der Waals surface area contributed by atoms with Crippen LogP contribution < -0.4 is 0 Å². The Labute approximate surface area is 196 Å². The molecule has 2 N–H and O–H groups in total. The van der Waals surface area contributed by atoms with Crippen LogP contribution in [0.15, 0.2) is 48.5 Å². The van der Waals surface area contributed by atoms with Crippen molar-refractivity contribution in [2.75, 3.05) is 0 Å². The van der Waals surface area contributed by atoms with Gasteiger partial charge in [0, 0.05) is 79.3 Å². The van der Waals surface area contributed by atoms with Crippen molar-refractivity contribution in [1.29, 1.82) is 0 Å². The third-order valence-corrected chi connectivity index (χ3v) is 1.66. The van der Waals surface area contributed by atoms with Gasteiger partial charge in [-0.1, -0.05) is 76.2 Å². The number of benzene rings is 2. The summed E-state index contributed by atoms with van der Waals surface area (Å²) >= 11 is 0. The van der Waals surface area contributed by atoms with E-state index in [0.717, 1.165) is 13.8 Å². The Morgan fingerprint density at radius 2 is 0.750 bits per heavy atom. The predicted molar refractivity (Wildman–Crippen MR) is 93.3 cm³/mol. The maximum atomic E-state index is 9.00. The van der Waals surface area contributed by atoms with Gasteiger partial charge in [0.05, 0.1) is 0 Å². The second-order valence-electron chi connectivity index (χ2n) is 3.39. The smallest absolute Gasteiger partial charge is 0.300 e. The van der Waals surface area contributed by atoms with Gasteiger partial charge in [0.15, 0.2) is 0 Å². The van der Waals surface area contributed by atoms with E-state index in [1.807, 2.05) is 27.7 Å². The Morgan fingerprint density at radius 3 is 0.875 bits per heavy atom. The molecule has 130 valence electrons. The molecule has 2 radical (unpaired) electrons. The maximum Gasteiger partial charge on any atom is 0.300 e. The van der Waals surface area contributed by atoms with Crippen molar-refractivity contribution in [3.05, 3.63) is 48.5 Å². The van der Waals surface area contributed by atoms with Crippen LogP contribution in [-0.2, 0) is 75.0 Å². The molecule has 0 amide bonds. The molecular formula is C18H28O4Y2. The minimum Gasteiger partial charge on any atom is -0.481 e. The second kappa shape index (κ2) is 27.7. The third kappa shape index (κ3) is 29.8. The number of fused-ring (bicyclic) bond motifs is 1. The van der Waals surface area contributed by atoms with Crippen LogP contribution in [0.1, 0.15) is 41.5 Å². The summed E-state index contributed by atoms with van der Waals surface area (Å²) in [4.78, 5) is 18.0. The van der Waals surface area contributed by atoms with Gasteiger partial charge < -0.3 is 10.2 Å². The SMILES string of the molecule is CC.CC.CC(=O)O.CC(=O)O.[Y].[Y].c1ccc2ccccc2c1. The summed E-state index contributed by atoms with van der Waals surface area (Å²) < 4.78 is 0. The number of hydrogen-bond acceptors (Lipinski definition) is 2. The van der Waals surface area contributed by atoms with Gasteiger partial charge in [-0.15, -0.1) is 0 Å². The first kappa shape index (κ1) is 35.0. The fourth-order valence-corrected chi connectivity index (χ4v) is 1.13. The summed E-state index contributed by atoms with van der Waals surface area (Å²) in [7, 11) is 0. The van der Waals surface area contributed by atoms with Crippen LogP contribution in [-0.4, -0.2) is 22.2 Å². The van der Waals surface area contributed by atoms with Gasteiger partial charge in [0.1, 0.15) is 0 Å². The van der Waals surface area contributed by atoms with E-state index < -0.39 is 11.9 Å². The molecular weight excluding hydrogens is 458 g/mol. The van der Waals surface area contributed by atoms with Crippen molar-refractivity contribution in [1.82, 2.24) is 0 Å². The van der Waals surface area contributed by atoms with E-state index in [4.69, 9.17) is 19.8 Å². The summed E-state index contributed by atoms with van der Waals surface area (Å²) in [5.74, 6) is -1.67. The summed E-state index contributed by atoms with van der Waals surface area (Å²) in [6.07, 6.45) is 0. The first-order valence-corrected chi connectivity index (χ1v) is 7.26. The molecule has 24 heavy (non-hydrogen) atoms. The molecule has 0 saturated carbocycles. The van der Waals surface area contributed by atoms with Gasteiger partial charge in [-0.2, -0.15) is 0 Å². The van der Waals surface area contributed by atoms with Crippen LogP contribution >= 0.6 is 0 Å². The topological polar surface area (TPSA) is 74.6 Å². The molecule has 0 unspecified atom stereocenters. The molecule has 0 aromatic heterocycles. The van der Waals surface area contributed by atoms with Crippen molar-refractivity contribution < 1.29 is 85.2 Å². The van der Waals surface area contributed by atoms with Crippen LogP contribution in [0.5, 0.6) is 0 Å². The van der Waals surface area contributed by atoms with Crippen molar-refractivity contribution in [3.63, 3.8) is 0 Å². The minimum atomic E-state index is -0.833. The fourth-order valence-electron chi connectivity index (χ4n) is 1.13. The molecule has 0 bridgehead atoms. The number of rotatable bonds is 0. The molecule has 6 heteroatoms. The zero-order chi connectivity index (χ0) is 18.0. The molecule has 0 aliphatic heterocycles. The molecule has 0 spiro atoms. The van der Waals surface area contributed by atoms with E-state index in [2.05, 4.69) is 48.5 Å². The van der Waals surface area contributed by atoms with Crippen LogP contribution in [0.2, 0.25) is 0 Å². The maximum absolute atomic E-state index is 9.00. The van der Waals surface area contributed by atoms with E-state index in [1.165, 1.54) is 10.8 Å². The molecule has 0 fully saturated rings. The van der Waals surface area contributed by atoms with Gasteiger partial charge >= 0.3 is 0 Å². The summed E-state index contributed by atoms with van der Waals surface area (Å²) in [6.45, 7) is 10.2. The second-order valence-corrected chi connectivity index (χ2v) is 3.39. The number of aliphatic carboxylic acids is 2. The van der Waals surface area contributed by atoms with Gasteiger partial charge in [0.2, 0.25) is 0 Å². The Balaban J connectivity index is -0.0000000745. The minimum absolute atomic E-state index is 0. The van der Waals surface area contributed by atoms with Gasteiger partial charge in [-0.05, 0) is 10.8 Å². The molecule has 2 rings (SSSR count). The van der Waals surface area contributed by atoms with Crippen molar-refractivity contribution >= 4 is 22.7 Å². The van der Waals surface area contributed by atoms with E-state index in [0.29, 0.717) is 0 Å².